The standard InChI is InChI=1S/C30H36F2N2O3/c1-2-8-26-27(28(31)32)34(20-18-21-9-4-3-5-10-21)30(37)33(26)19-17-22-13-15-23(16-14-22)24-11-6-7-12-25(24)29(35)36/h6-7,11-16,21,28H,2-5,8-10,17-20H2,1H3,(H,35,36). The van der Waals surface area contributed by atoms with Crippen molar-refractivity contribution in [3.05, 3.63) is 81.5 Å². The number of carboxylic acids is 1. The van der Waals surface area contributed by atoms with Crippen molar-refractivity contribution >= 4 is 5.97 Å². The maximum Gasteiger partial charge on any atom is 0.336 e. The molecule has 5 nitrogen and oxygen atoms in total. The molecule has 2 aromatic carbocycles. The van der Waals surface area contributed by atoms with E-state index in [1.54, 1.807) is 28.8 Å². The molecule has 3 aromatic rings. The summed E-state index contributed by atoms with van der Waals surface area (Å²) in [5.74, 6) is -0.473. The maximum atomic E-state index is 14.2. The number of imidazole rings is 1. The number of rotatable bonds is 11. The fraction of sp³-hybridized carbons (Fsp3) is 0.467. The van der Waals surface area contributed by atoms with E-state index in [4.69, 9.17) is 0 Å². The molecule has 1 aliphatic rings. The molecule has 0 spiro atoms. The lowest BCUT2D eigenvalue weighted by atomic mass is 9.87. The van der Waals surface area contributed by atoms with Crippen LogP contribution in [0, 0.1) is 5.92 Å². The Morgan fingerprint density at radius 2 is 1.68 bits per heavy atom. The van der Waals surface area contributed by atoms with Crippen molar-refractivity contribution in [2.24, 2.45) is 5.92 Å². The minimum atomic E-state index is -2.68. The molecule has 0 saturated heterocycles. The summed E-state index contributed by atoms with van der Waals surface area (Å²) >= 11 is 0. The molecule has 1 heterocycles. The summed E-state index contributed by atoms with van der Waals surface area (Å²) in [4.78, 5) is 24.9. The maximum absolute atomic E-state index is 14.2. The number of carbonyl (C=O) groups is 1. The van der Waals surface area contributed by atoms with Gasteiger partial charge in [-0.05, 0) is 47.9 Å². The number of aromatic nitrogens is 2. The van der Waals surface area contributed by atoms with Crippen molar-refractivity contribution in [1.29, 1.82) is 0 Å². The second-order valence-electron chi connectivity index (χ2n) is 10.1. The van der Waals surface area contributed by atoms with E-state index in [0.717, 1.165) is 30.4 Å². The Balaban J connectivity index is 1.55. The number of carboxylic acid groups (broad SMARTS) is 1. The molecule has 7 heteroatoms. The zero-order valence-electron chi connectivity index (χ0n) is 21.5. The molecular weight excluding hydrogens is 474 g/mol. The topological polar surface area (TPSA) is 64.2 Å². The summed E-state index contributed by atoms with van der Waals surface area (Å²) in [6.45, 7) is 2.62. The Labute approximate surface area is 216 Å². The van der Waals surface area contributed by atoms with Gasteiger partial charge in [-0.1, -0.05) is 87.9 Å². The SMILES string of the molecule is CCCc1c(C(F)F)n(CCC2CCCCC2)c(=O)n1CCc1ccc(-c2ccccc2C(=O)O)cc1. The second kappa shape index (κ2) is 12.3. The largest absolute Gasteiger partial charge is 0.478 e. The lowest BCUT2D eigenvalue weighted by Crippen LogP contribution is -2.27. The third kappa shape index (κ3) is 6.20. The number of hydrogen-bond donors (Lipinski definition) is 1. The highest BCUT2D eigenvalue weighted by atomic mass is 19.3. The molecule has 0 radical (unpaired) electrons. The van der Waals surface area contributed by atoms with E-state index in [9.17, 15) is 23.5 Å². The molecule has 0 aliphatic heterocycles. The number of benzene rings is 2. The molecule has 4 rings (SSSR count). The minimum Gasteiger partial charge on any atom is -0.478 e. The molecule has 0 bridgehead atoms. The number of nitrogens with zero attached hydrogens (tertiary/aromatic N) is 2. The Bertz CT molecular complexity index is 1250. The number of aromatic carboxylic acids is 1. The number of alkyl halides is 2. The van der Waals surface area contributed by atoms with Crippen LogP contribution in [-0.4, -0.2) is 20.2 Å². The second-order valence-corrected chi connectivity index (χ2v) is 10.1. The highest BCUT2D eigenvalue weighted by Crippen LogP contribution is 2.29. The number of halogens is 2. The zero-order valence-corrected chi connectivity index (χ0v) is 21.5. The monoisotopic (exact) mass is 510 g/mol. The van der Waals surface area contributed by atoms with Crippen molar-refractivity contribution < 1.29 is 18.7 Å². The van der Waals surface area contributed by atoms with Gasteiger partial charge in [0.15, 0.2) is 0 Å². The molecule has 0 unspecified atom stereocenters. The lowest BCUT2D eigenvalue weighted by molar-refractivity contribution is 0.0697. The van der Waals surface area contributed by atoms with E-state index in [1.807, 2.05) is 31.2 Å². The van der Waals surface area contributed by atoms with Gasteiger partial charge < -0.3 is 5.11 Å². The summed E-state index contributed by atoms with van der Waals surface area (Å²) in [6.07, 6.45) is 5.58. The van der Waals surface area contributed by atoms with Crippen LogP contribution in [0.4, 0.5) is 8.78 Å². The number of aryl methyl sites for hydroxylation is 1. The smallest absolute Gasteiger partial charge is 0.336 e. The van der Waals surface area contributed by atoms with Crippen LogP contribution >= 0.6 is 0 Å². The summed E-state index contributed by atoms with van der Waals surface area (Å²) in [5.41, 5.74) is 2.64. The first kappa shape index (κ1) is 26.8. The first-order valence-electron chi connectivity index (χ1n) is 13.4. The van der Waals surface area contributed by atoms with Gasteiger partial charge in [-0.25, -0.2) is 18.4 Å². The molecule has 0 amide bonds. The molecule has 0 atom stereocenters. The molecule has 1 saturated carbocycles. The molecule has 37 heavy (non-hydrogen) atoms. The molecule has 1 fully saturated rings. The minimum absolute atomic E-state index is 0.108. The summed E-state index contributed by atoms with van der Waals surface area (Å²) in [6, 6.07) is 14.4. The van der Waals surface area contributed by atoms with Gasteiger partial charge in [-0.2, -0.15) is 0 Å². The average molecular weight is 511 g/mol. The lowest BCUT2D eigenvalue weighted by Gasteiger charge is -2.21. The van der Waals surface area contributed by atoms with Crippen LogP contribution in [0.3, 0.4) is 0 Å². The molecule has 198 valence electrons. The van der Waals surface area contributed by atoms with Crippen molar-refractivity contribution in [2.75, 3.05) is 0 Å². The van der Waals surface area contributed by atoms with Gasteiger partial charge >= 0.3 is 11.7 Å². The van der Waals surface area contributed by atoms with E-state index in [-0.39, 0.29) is 16.9 Å². The van der Waals surface area contributed by atoms with Crippen molar-refractivity contribution in [2.45, 2.75) is 84.2 Å². The van der Waals surface area contributed by atoms with Crippen LogP contribution in [-0.2, 0) is 25.9 Å². The van der Waals surface area contributed by atoms with Gasteiger partial charge in [0.2, 0.25) is 0 Å². The van der Waals surface area contributed by atoms with Gasteiger partial charge in [0, 0.05) is 18.8 Å². The quantitative estimate of drug-likeness (QED) is 0.299. The predicted octanol–water partition coefficient (Wildman–Crippen LogP) is 7.12. The molecular formula is C30H36F2N2O3. The first-order chi connectivity index (χ1) is 17.9. The van der Waals surface area contributed by atoms with E-state index in [0.29, 0.717) is 49.5 Å². The van der Waals surface area contributed by atoms with Gasteiger partial charge in [0.25, 0.3) is 6.43 Å². The van der Waals surface area contributed by atoms with Gasteiger partial charge in [0.05, 0.1) is 5.56 Å². The van der Waals surface area contributed by atoms with Crippen LogP contribution in [0.5, 0.6) is 0 Å². The number of hydrogen-bond acceptors (Lipinski definition) is 2. The van der Waals surface area contributed by atoms with Crippen molar-refractivity contribution in [3.8, 4) is 11.1 Å². The first-order valence-corrected chi connectivity index (χ1v) is 13.4. The molecule has 1 N–H and O–H groups in total. The summed E-state index contributed by atoms with van der Waals surface area (Å²) in [7, 11) is 0. The van der Waals surface area contributed by atoms with Crippen molar-refractivity contribution in [1.82, 2.24) is 9.13 Å². The van der Waals surface area contributed by atoms with Gasteiger partial charge in [0.1, 0.15) is 5.69 Å². The van der Waals surface area contributed by atoms with E-state index < -0.39 is 12.4 Å². The van der Waals surface area contributed by atoms with Crippen LogP contribution < -0.4 is 5.69 Å². The van der Waals surface area contributed by atoms with Crippen LogP contribution in [0.2, 0.25) is 0 Å². The summed E-state index contributed by atoms with van der Waals surface area (Å²) < 4.78 is 31.3. The highest BCUT2D eigenvalue weighted by molar-refractivity contribution is 5.95. The Kier molecular flexibility index (Phi) is 8.95. The Hall–Kier alpha value is -3.22. The fourth-order valence-electron chi connectivity index (χ4n) is 5.65. The van der Waals surface area contributed by atoms with Gasteiger partial charge in [-0.3, -0.25) is 9.13 Å². The predicted molar refractivity (Wildman–Crippen MR) is 141 cm³/mol. The average Bonchev–Trinajstić information content (AvgIpc) is 3.17. The van der Waals surface area contributed by atoms with E-state index >= 15 is 0 Å². The third-order valence-corrected chi connectivity index (χ3v) is 7.60. The zero-order chi connectivity index (χ0) is 26.4. The third-order valence-electron chi connectivity index (χ3n) is 7.60. The Morgan fingerprint density at radius 1 is 0.973 bits per heavy atom. The normalized spacial score (nSPS) is 14.4. The van der Waals surface area contributed by atoms with E-state index in [2.05, 4.69) is 0 Å². The van der Waals surface area contributed by atoms with Crippen LogP contribution in [0.1, 0.15) is 85.6 Å². The summed E-state index contributed by atoms with van der Waals surface area (Å²) in [5, 5.41) is 9.48. The van der Waals surface area contributed by atoms with Crippen LogP contribution in [0.15, 0.2) is 53.3 Å². The molecule has 1 aromatic heterocycles. The fourth-order valence-corrected chi connectivity index (χ4v) is 5.65. The highest BCUT2D eigenvalue weighted by Gasteiger charge is 2.26. The van der Waals surface area contributed by atoms with Crippen molar-refractivity contribution in [3.63, 3.8) is 0 Å². The van der Waals surface area contributed by atoms with E-state index in [1.165, 1.54) is 23.8 Å². The molecule has 1 aliphatic carbocycles. The van der Waals surface area contributed by atoms with Gasteiger partial charge in [-0.15, -0.1) is 0 Å². The Morgan fingerprint density at radius 3 is 2.32 bits per heavy atom. The van der Waals surface area contributed by atoms with Crippen LogP contribution in [0.25, 0.3) is 11.1 Å².